The van der Waals surface area contributed by atoms with E-state index in [0.717, 1.165) is 11.3 Å². The van der Waals surface area contributed by atoms with E-state index < -0.39 is 5.97 Å². The summed E-state index contributed by atoms with van der Waals surface area (Å²) in [6.07, 6.45) is 2.82. The zero-order valence-electron chi connectivity index (χ0n) is 12.9. The van der Waals surface area contributed by atoms with Gasteiger partial charge in [-0.1, -0.05) is 18.2 Å². The molecule has 2 aromatic heterocycles. The number of rotatable bonds is 4. The molecule has 2 heterocycles. The summed E-state index contributed by atoms with van der Waals surface area (Å²) in [6, 6.07) is 7.71. The first-order valence-electron chi connectivity index (χ1n) is 7.26. The zero-order valence-corrected chi connectivity index (χ0v) is 12.9. The standard InChI is InChI=1S/C16H16N4O3/c1-3-23-14(21)9-19-10-17-15-12(16(19)22)8-18-20(15)13-7-5-4-6-11(13)2/h4-8,10H,3,9H2,1-2H3. The number of aromatic nitrogens is 4. The fourth-order valence-electron chi connectivity index (χ4n) is 2.38. The number of nitrogens with zero attached hydrogens (tertiary/aromatic N) is 4. The van der Waals surface area contributed by atoms with Gasteiger partial charge in [-0.2, -0.15) is 5.10 Å². The second kappa shape index (κ2) is 6.04. The molecule has 0 N–H and O–H groups in total. The van der Waals surface area contributed by atoms with Crippen LogP contribution in [0.3, 0.4) is 0 Å². The lowest BCUT2D eigenvalue weighted by atomic mass is 10.2. The molecule has 0 unspecified atom stereocenters. The Kier molecular flexibility index (Phi) is 3.92. The number of benzene rings is 1. The van der Waals surface area contributed by atoms with Gasteiger partial charge in [-0.15, -0.1) is 0 Å². The number of carbonyl (C=O) groups excluding carboxylic acids is 1. The lowest BCUT2D eigenvalue weighted by molar-refractivity contribution is -0.143. The number of hydrogen-bond donors (Lipinski definition) is 0. The van der Waals surface area contributed by atoms with Crippen LogP contribution < -0.4 is 5.56 Å². The molecule has 3 rings (SSSR count). The van der Waals surface area contributed by atoms with Crippen LogP contribution in [0.15, 0.2) is 41.6 Å². The van der Waals surface area contributed by atoms with Crippen molar-refractivity contribution >= 4 is 17.0 Å². The number of carbonyl (C=O) groups is 1. The summed E-state index contributed by atoms with van der Waals surface area (Å²) >= 11 is 0. The molecule has 0 bridgehead atoms. The lowest BCUT2D eigenvalue weighted by Crippen LogP contribution is -2.25. The van der Waals surface area contributed by atoms with Gasteiger partial charge in [0.2, 0.25) is 0 Å². The first-order chi connectivity index (χ1) is 11.1. The topological polar surface area (TPSA) is 79.0 Å². The summed E-state index contributed by atoms with van der Waals surface area (Å²) in [6.45, 7) is 3.79. The van der Waals surface area contributed by atoms with Crippen molar-refractivity contribution in [3.8, 4) is 5.69 Å². The first-order valence-corrected chi connectivity index (χ1v) is 7.26. The van der Waals surface area contributed by atoms with Gasteiger partial charge in [0.15, 0.2) is 5.65 Å². The largest absolute Gasteiger partial charge is 0.465 e. The molecule has 0 fully saturated rings. The second-order valence-electron chi connectivity index (χ2n) is 5.06. The maximum atomic E-state index is 12.5. The molecule has 0 aliphatic rings. The third kappa shape index (κ3) is 2.73. The molecule has 0 aliphatic carbocycles. The highest BCUT2D eigenvalue weighted by molar-refractivity contribution is 5.76. The van der Waals surface area contributed by atoms with E-state index in [4.69, 9.17) is 4.74 Å². The van der Waals surface area contributed by atoms with Crippen molar-refractivity contribution in [3.63, 3.8) is 0 Å². The maximum absolute atomic E-state index is 12.5. The Bertz CT molecular complexity index is 926. The van der Waals surface area contributed by atoms with Crippen LogP contribution in [0.5, 0.6) is 0 Å². The molecular weight excluding hydrogens is 296 g/mol. The van der Waals surface area contributed by atoms with E-state index in [9.17, 15) is 9.59 Å². The van der Waals surface area contributed by atoms with E-state index in [1.165, 1.54) is 17.1 Å². The van der Waals surface area contributed by atoms with E-state index in [-0.39, 0.29) is 18.7 Å². The van der Waals surface area contributed by atoms with Crippen LogP contribution in [-0.2, 0) is 16.1 Å². The van der Waals surface area contributed by atoms with Crippen molar-refractivity contribution in [2.75, 3.05) is 6.61 Å². The van der Waals surface area contributed by atoms with Crippen LogP contribution in [-0.4, -0.2) is 31.9 Å². The van der Waals surface area contributed by atoms with Gasteiger partial charge in [-0.25, -0.2) is 9.67 Å². The minimum Gasteiger partial charge on any atom is -0.465 e. The molecule has 3 aromatic rings. The maximum Gasteiger partial charge on any atom is 0.326 e. The Morgan fingerprint density at radius 1 is 1.30 bits per heavy atom. The molecular formula is C16H16N4O3. The zero-order chi connectivity index (χ0) is 16.4. The number of hydrogen-bond acceptors (Lipinski definition) is 5. The van der Waals surface area contributed by atoms with Gasteiger partial charge in [0.25, 0.3) is 5.56 Å². The third-order valence-corrected chi connectivity index (χ3v) is 3.50. The van der Waals surface area contributed by atoms with E-state index in [1.807, 2.05) is 31.2 Å². The molecule has 7 nitrogen and oxygen atoms in total. The Morgan fingerprint density at radius 3 is 2.83 bits per heavy atom. The summed E-state index contributed by atoms with van der Waals surface area (Å²) in [7, 11) is 0. The van der Waals surface area contributed by atoms with Gasteiger partial charge in [-0.05, 0) is 25.5 Å². The van der Waals surface area contributed by atoms with Gasteiger partial charge in [0, 0.05) is 0 Å². The summed E-state index contributed by atoms with van der Waals surface area (Å²) in [5, 5.41) is 4.63. The second-order valence-corrected chi connectivity index (χ2v) is 5.06. The molecule has 23 heavy (non-hydrogen) atoms. The molecule has 0 amide bonds. The summed E-state index contributed by atoms with van der Waals surface area (Å²) in [4.78, 5) is 28.3. The number of ether oxygens (including phenoxy) is 1. The number of aryl methyl sites for hydroxylation is 1. The van der Waals surface area contributed by atoms with Gasteiger partial charge in [0.05, 0.1) is 18.5 Å². The normalized spacial score (nSPS) is 10.9. The van der Waals surface area contributed by atoms with Gasteiger partial charge in [0.1, 0.15) is 18.3 Å². The average Bonchev–Trinajstić information content (AvgIpc) is 2.95. The Labute approximate surface area is 132 Å². The molecule has 7 heteroatoms. The molecule has 0 atom stereocenters. The Balaban J connectivity index is 2.07. The van der Waals surface area contributed by atoms with Gasteiger partial charge in [-0.3, -0.25) is 14.2 Å². The molecule has 0 saturated carbocycles. The quantitative estimate of drug-likeness (QED) is 0.681. The summed E-state index contributed by atoms with van der Waals surface area (Å²) in [5.74, 6) is -0.470. The van der Waals surface area contributed by atoms with Crippen molar-refractivity contribution in [1.82, 2.24) is 19.3 Å². The highest BCUT2D eigenvalue weighted by Gasteiger charge is 2.14. The predicted molar refractivity (Wildman–Crippen MR) is 84.5 cm³/mol. The summed E-state index contributed by atoms with van der Waals surface area (Å²) < 4.78 is 7.71. The highest BCUT2D eigenvalue weighted by Crippen LogP contribution is 2.16. The molecule has 118 valence electrons. The van der Waals surface area contributed by atoms with E-state index in [0.29, 0.717) is 11.0 Å². The van der Waals surface area contributed by atoms with Crippen LogP contribution in [0.2, 0.25) is 0 Å². The number of fused-ring (bicyclic) bond motifs is 1. The molecule has 0 spiro atoms. The van der Waals surface area contributed by atoms with Crippen molar-refractivity contribution in [2.45, 2.75) is 20.4 Å². The van der Waals surface area contributed by atoms with E-state index in [1.54, 1.807) is 11.6 Å². The van der Waals surface area contributed by atoms with Crippen LogP contribution in [0.25, 0.3) is 16.7 Å². The van der Waals surface area contributed by atoms with Crippen molar-refractivity contribution in [2.24, 2.45) is 0 Å². The average molecular weight is 312 g/mol. The molecule has 0 saturated heterocycles. The van der Waals surface area contributed by atoms with Crippen LogP contribution in [0, 0.1) is 6.92 Å². The third-order valence-electron chi connectivity index (χ3n) is 3.50. The monoisotopic (exact) mass is 312 g/mol. The Hall–Kier alpha value is -2.96. The predicted octanol–water partition coefficient (Wildman–Crippen LogP) is 1.45. The SMILES string of the molecule is CCOC(=O)Cn1cnc2c(cnn2-c2ccccc2C)c1=O. The lowest BCUT2D eigenvalue weighted by Gasteiger charge is -2.07. The van der Waals surface area contributed by atoms with Gasteiger partial charge < -0.3 is 4.74 Å². The van der Waals surface area contributed by atoms with Crippen molar-refractivity contribution in [1.29, 1.82) is 0 Å². The van der Waals surface area contributed by atoms with Crippen LogP contribution >= 0.6 is 0 Å². The molecule has 0 aliphatic heterocycles. The minimum atomic E-state index is -0.470. The molecule has 0 radical (unpaired) electrons. The van der Waals surface area contributed by atoms with E-state index >= 15 is 0 Å². The number of para-hydroxylation sites is 1. The smallest absolute Gasteiger partial charge is 0.326 e. The van der Waals surface area contributed by atoms with Crippen molar-refractivity contribution in [3.05, 3.63) is 52.7 Å². The van der Waals surface area contributed by atoms with Crippen LogP contribution in [0.1, 0.15) is 12.5 Å². The fourth-order valence-corrected chi connectivity index (χ4v) is 2.38. The van der Waals surface area contributed by atoms with Crippen LogP contribution in [0.4, 0.5) is 0 Å². The Morgan fingerprint density at radius 2 is 2.09 bits per heavy atom. The number of esters is 1. The molecule has 1 aromatic carbocycles. The van der Waals surface area contributed by atoms with E-state index in [2.05, 4.69) is 10.1 Å². The minimum absolute atomic E-state index is 0.162. The summed E-state index contributed by atoms with van der Waals surface area (Å²) in [5.41, 5.74) is 2.03. The first kappa shape index (κ1) is 15.0. The van der Waals surface area contributed by atoms with Gasteiger partial charge >= 0.3 is 5.97 Å². The van der Waals surface area contributed by atoms with Crippen molar-refractivity contribution < 1.29 is 9.53 Å². The fraction of sp³-hybridized carbons (Fsp3) is 0.250. The highest BCUT2D eigenvalue weighted by atomic mass is 16.5.